The molecule has 0 aromatic heterocycles. The Bertz CT molecular complexity index is 809. The predicted molar refractivity (Wildman–Crippen MR) is 101 cm³/mol. The summed E-state index contributed by atoms with van der Waals surface area (Å²) >= 11 is 0. The van der Waals surface area contributed by atoms with E-state index in [1.807, 2.05) is 18.2 Å². The van der Waals surface area contributed by atoms with Crippen molar-refractivity contribution in [2.45, 2.75) is 30.4 Å². The normalized spacial score (nSPS) is 22.0. The average molecular weight is 411 g/mol. The van der Waals surface area contributed by atoms with Gasteiger partial charge in [-0.1, -0.05) is 30.3 Å². The highest BCUT2D eigenvalue weighted by Crippen LogP contribution is 2.32. The van der Waals surface area contributed by atoms with Crippen LogP contribution in [0, 0.1) is 0 Å². The maximum atomic E-state index is 12.7. The Morgan fingerprint density at radius 3 is 2.32 bits per heavy atom. The summed E-state index contributed by atoms with van der Waals surface area (Å²) in [6.07, 6.45) is 1.58. The van der Waals surface area contributed by atoms with Crippen molar-refractivity contribution in [2.24, 2.45) is 0 Å². The summed E-state index contributed by atoms with van der Waals surface area (Å²) in [6.45, 7) is 1.02. The van der Waals surface area contributed by atoms with Gasteiger partial charge in [0.1, 0.15) is 11.6 Å². The van der Waals surface area contributed by atoms with Gasteiger partial charge in [-0.3, -0.25) is 10.0 Å². The van der Waals surface area contributed by atoms with E-state index in [0.717, 1.165) is 12.8 Å². The molecule has 28 heavy (non-hydrogen) atoms. The quantitative estimate of drug-likeness (QED) is 0.472. The van der Waals surface area contributed by atoms with E-state index in [9.17, 15) is 18.0 Å². The summed E-state index contributed by atoms with van der Waals surface area (Å²) in [4.78, 5) is 26.4. The van der Waals surface area contributed by atoms with Gasteiger partial charge in [0.25, 0.3) is 5.91 Å². The van der Waals surface area contributed by atoms with Gasteiger partial charge >= 0.3 is 6.03 Å². The number of piperidine rings is 1. The summed E-state index contributed by atoms with van der Waals surface area (Å²) in [5, 5.41) is 11.6. The second kappa shape index (κ2) is 8.06. The number of hydrogen-bond acceptors (Lipinski definition) is 6. The van der Waals surface area contributed by atoms with Crippen LogP contribution in [0.15, 0.2) is 30.3 Å². The van der Waals surface area contributed by atoms with Gasteiger partial charge in [0.2, 0.25) is 0 Å². The number of carbonyl (C=O) groups excluding carboxylic acids is 2. The second-order valence-electron chi connectivity index (χ2n) is 7.33. The molecule has 0 bridgehead atoms. The number of methoxy groups -OCH3 is 1. The molecule has 0 saturated carbocycles. The molecule has 2 fully saturated rings. The number of nitrogens with one attached hydrogen (secondary N) is 2. The van der Waals surface area contributed by atoms with E-state index in [1.54, 1.807) is 4.90 Å². The molecule has 3 N–H and O–H groups in total. The third-order valence-electron chi connectivity index (χ3n) is 5.55. The number of carbonyl (C=O) groups is 2. The lowest BCUT2D eigenvalue weighted by molar-refractivity contribution is -0.138. The first-order chi connectivity index (χ1) is 13.3. The Balaban J connectivity index is 1.64. The van der Waals surface area contributed by atoms with E-state index in [2.05, 4.69) is 17.4 Å². The van der Waals surface area contributed by atoms with Crippen molar-refractivity contribution in [2.75, 3.05) is 31.7 Å². The van der Waals surface area contributed by atoms with Gasteiger partial charge in [-0.15, -0.1) is 0 Å². The fourth-order valence-corrected chi connectivity index (χ4v) is 5.93. The predicted octanol–water partition coefficient (Wildman–Crippen LogP) is 0.263. The fourth-order valence-electron chi connectivity index (χ4n) is 3.96. The lowest BCUT2D eigenvalue weighted by Gasteiger charge is -2.45. The number of benzene rings is 1. The molecule has 1 aromatic rings. The zero-order valence-electron chi connectivity index (χ0n) is 15.6. The van der Waals surface area contributed by atoms with E-state index in [0.29, 0.717) is 19.0 Å². The van der Waals surface area contributed by atoms with Crippen LogP contribution in [0.1, 0.15) is 24.3 Å². The van der Waals surface area contributed by atoms with E-state index in [-0.39, 0.29) is 0 Å². The highest BCUT2D eigenvalue weighted by atomic mass is 32.2. The number of hydrogen-bond donors (Lipinski definition) is 3. The zero-order valence-corrected chi connectivity index (χ0v) is 16.4. The Kier molecular flexibility index (Phi) is 5.92. The van der Waals surface area contributed by atoms with Crippen molar-refractivity contribution in [1.82, 2.24) is 15.7 Å². The molecule has 0 spiro atoms. The maximum Gasteiger partial charge on any atom is 0.318 e. The molecule has 1 unspecified atom stereocenters. The van der Waals surface area contributed by atoms with Crippen molar-refractivity contribution in [1.29, 1.82) is 0 Å². The summed E-state index contributed by atoms with van der Waals surface area (Å²) in [5.74, 6) is -1.34. The van der Waals surface area contributed by atoms with Gasteiger partial charge in [0.15, 0.2) is 9.84 Å². The molecule has 3 amide bonds. The van der Waals surface area contributed by atoms with Gasteiger partial charge in [0, 0.05) is 20.2 Å². The van der Waals surface area contributed by atoms with Crippen molar-refractivity contribution in [3.63, 3.8) is 0 Å². The standard InChI is InChI=1S/C18H25N3O6S/c1-27-18(11-28(25,26)12-18)15(16(22)20-24)19-17(23)21-9-7-14(8-10-21)13-5-3-2-4-6-13/h2-6,14-15,24H,7-12H2,1H3,(H,19,23)(H,20,22). The number of likely N-dealkylation sites (tertiary alicyclic amines) is 1. The second-order valence-corrected chi connectivity index (χ2v) is 9.40. The molecule has 1 aromatic carbocycles. The van der Waals surface area contributed by atoms with Crippen molar-refractivity contribution < 1.29 is 28.0 Å². The Morgan fingerprint density at radius 1 is 1.21 bits per heavy atom. The molecular formula is C18H25N3O6S. The van der Waals surface area contributed by atoms with Crippen LogP contribution in [0.25, 0.3) is 0 Å². The van der Waals surface area contributed by atoms with Crippen LogP contribution in [0.2, 0.25) is 0 Å². The van der Waals surface area contributed by atoms with Crippen LogP contribution in [0.5, 0.6) is 0 Å². The number of nitrogens with zero attached hydrogens (tertiary/aromatic N) is 1. The minimum atomic E-state index is -3.34. The molecule has 2 saturated heterocycles. The van der Waals surface area contributed by atoms with E-state index in [4.69, 9.17) is 9.94 Å². The largest absolute Gasteiger partial charge is 0.373 e. The fraction of sp³-hybridized carbons (Fsp3) is 0.556. The number of rotatable bonds is 5. The third kappa shape index (κ3) is 4.13. The Hall–Kier alpha value is -2.17. The molecule has 154 valence electrons. The minimum absolute atomic E-state index is 0.365. The summed E-state index contributed by atoms with van der Waals surface area (Å²) < 4.78 is 28.5. The van der Waals surface area contributed by atoms with Gasteiger partial charge in [-0.25, -0.2) is 18.7 Å². The van der Waals surface area contributed by atoms with Crippen molar-refractivity contribution in [3.05, 3.63) is 35.9 Å². The molecule has 3 rings (SSSR count). The van der Waals surface area contributed by atoms with Crippen LogP contribution in [-0.4, -0.2) is 73.8 Å². The number of hydroxylamine groups is 1. The Morgan fingerprint density at radius 2 is 1.82 bits per heavy atom. The molecule has 1 atom stereocenters. The minimum Gasteiger partial charge on any atom is -0.373 e. The summed E-state index contributed by atoms with van der Waals surface area (Å²) in [7, 11) is -2.06. The monoisotopic (exact) mass is 411 g/mol. The first-order valence-corrected chi connectivity index (χ1v) is 10.9. The molecule has 0 aliphatic carbocycles. The van der Waals surface area contributed by atoms with Crippen LogP contribution >= 0.6 is 0 Å². The van der Waals surface area contributed by atoms with Crippen molar-refractivity contribution in [3.8, 4) is 0 Å². The number of urea groups is 1. The van der Waals surface area contributed by atoms with Gasteiger partial charge in [-0.05, 0) is 24.3 Å². The average Bonchev–Trinajstić information content (AvgIpc) is 2.70. The van der Waals surface area contributed by atoms with E-state index >= 15 is 0 Å². The van der Waals surface area contributed by atoms with E-state index in [1.165, 1.54) is 18.2 Å². The van der Waals surface area contributed by atoms with E-state index < -0.39 is 44.9 Å². The first kappa shape index (κ1) is 20.6. The summed E-state index contributed by atoms with van der Waals surface area (Å²) in [5.41, 5.74) is 1.34. The number of amides is 3. The molecule has 9 nitrogen and oxygen atoms in total. The van der Waals surface area contributed by atoms with Crippen LogP contribution in [0.4, 0.5) is 4.79 Å². The molecule has 2 heterocycles. The maximum absolute atomic E-state index is 12.7. The first-order valence-electron chi connectivity index (χ1n) is 9.10. The highest BCUT2D eigenvalue weighted by Gasteiger charge is 2.57. The molecule has 10 heteroatoms. The lowest BCUT2D eigenvalue weighted by atomic mass is 9.89. The summed E-state index contributed by atoms with van der Waals surface area (Å²) in [6, 6.07) is 8.28. The lowest BCUT2D eigenvalue weighted by Crippen LogP contribution is -2.72. The molecule has 0 radical (unpaired) electrons. The van der Waals surface area contributed by atoms with Crippen LogP contribution in [0.3, 0.4) is 0 Å². The van der Waals surface area contributed by atoms with Gasteiger partial charge in [0.05, 0.1) is 11.5 Å². The molecular weight excluding hydrogens is 386 g/mol. The number of ether oxygens (including phenoxy) is 1. The Labute approximate surface area is 163 Å². The van der Waals surface area contributed by atoms with Crippen molar-refractivity contribution >= 4 is 21.8 Å². The number of sulfone groups is 1. The van der Waals surface area contributed by atoms with Crippen LogP contribution < -0.4 is 10.8 Å². The smallest absolute Gasteiger partial charge is 0.318 e. The SMILES string of the molecule is COC1(C(NC(=O)N2CCC(c3ccccc3)CC2)C(=O)NO)CS(=O)(=O)C1. The van der Waals surface area contributed by atoms with Gasteiger partial charge in [-0.2, -0.15) is 0 Å². The molecule has 2 aliphatic heterocycles. The van der Waals surface area contributed by atoms with Crippen LogP contribution in [-0.2, 0) is 19.4 Å². The molecule has 2 aliphatic rings. The van der Waals surface area contributed by atoms with Gasteiger partial charge < -0.3 is 15.0 Å². The third-order valence-corrected chi connectivity index (χ3v) is 7.41. The topological polar surface area (TPSA) is 125 Å². The highest BCUT2D eigenvalue weighted by molar-refractivity contribution is 7.93. The zero-order chi connectivity index (χ0) is 20.4.